The van der Waals surface area contributed by atoms with Crippen LogP contribution in [-0.4, -0.2) is 14.9 Å². The highest BCUT2D eigenvalue weighted by molar-refractivity contribution is 6.30. The Labute approximate surface area is 83.1 Å². The molecule has 80 valence electrons. The van der Waals surface area contributed by atoms with E-state index < -0.39 is 18.0 Å². The van der Waals surface area contributed by atoms with E-state index >= 15 is 0 Å². The maximum atomic E-state index is 12.4. The molecular formula is C7H8ClF3N2O. The molecule has 1 aromatic rings. The van der Waals surface area contributed by atoms with E-state index in [0.717, 1.165) is 4.68 Å². The van der Waals surface area contributed by atoms with Gasteiger partial charge in [0.15, 0.2) is 5.69 Å². The van der Waals surface area contributed by atoms with E-state index in [-0.39, 0.29) is 10.7 Å². The van der Waals surface area contributed by atoms with Crippen LogP contribution in [0.4, 0.5) is 13.2 Å². The summed E-state index contributed by atoms with van der Waals surface area (Å²) in [4.78, 5) is 0. The van der Waals surface area contributed by atoms with Crippen molar-refractivity contribution in [3.05, 3.63) is 16.4 Å². The molecule has 0 bridgehead atoms. The van der Waals surface area contributed by atoms with Gasteiger partial charge in [0.1, 0.15) is 5.15 Å². The van der Waals surface area contributed by atoms with Crippen molar-refractivity contribution in [2.24, 2.45) is 7.05 Å². The molecule has 0 radical (unpaired) electrons. The Bertz CT molecular complexity index is 345. The van der Waals surface area contributed by atoms with Gasteiger partial charge < -0.3 is 5.11 Å². The fourth-order valence-corrected chi connectivity index (χ4v) is 1.38. The highest BCUT2D eigenvalue weighted by atomic mass is 35.5. The van der Waals surface area contributed by atoms with Gasteiger partial charge in [-0.3, -0.25) is 4.68 Å². The molecule has 0 saturated carbocycles. The molecule has 3 nitrogen and oxygen atoms in total. The molecule has 0 spiro atoms. The van der Waals surface area contributed by atoms with E-state index in [9.17, 15) is 13.2 Å². The topological polar surface area (TPSA) is 38.1 Å². The third-order valence-electron chi connectivity index (χ3n) is 1.70. The number of halogens is 4. The average molecular weight is 229 g/mol. The SMILES string of the molecule is CC(O)c1c(C(F)(F)F)nn(C)c1Cl. The van der Waals surface area contributed by atoms with Crippen molar-refractivity contribution in [2.75, 3.05) is 0 Å². The second kappa shape index (κ2) is 3.43. The molecule has 1 unspecified atom stereocenters. The summed E-state index contributed by atoms with van der Waals surface area (Å²) >= 11 is 5.56. The first kappa shape index (κ1) is 11.3. The number of rotatable bonds is 1. The number of hydrogen-bond acceptors (Lipinski definition) is 2. The third-order valence-corrected chi connectivity index (χ3v) is 2.15. The zero-order chi connectivity index (χ0) is 11.1. The number of hydrogen-bond donors (Lipinski definition) is 1. The third kappa shape index (κ3) is 1.85. The molecule has 7 heteroatoms. The molecule has 0 aromatic carbocycles. The molecule has 1 atom stereocenters. The van der Waals surface area contributed by atoms with Gasteiger partial charge in [0, 0.05) is 12.6 Å². The van der Waals surface area contributed by atoms with Crippen LogP contribution in [0.15, 0.2) is 0 Å². The van der Waals surface area contributed by atoms with Gasteiger partial charge in [-0.15, -0.1) is 0 Å². The van der Waals surface area contributed by atoms with Crippen molar-refractivity contribution < 1.29 is 18.3 Å². The standard InChI is InChI=1S/C7H8ClF3N2O/c1-3(14)4-5(7(9,10)11)12-13(2)6(4)8/h3,14H,1-2H3. The smallest absolute Gasteiger partial charge is 0.389 e. The molecule has 0 aliphatic carbocycles. The summed E-state index contributed by atoms with van der Waals surface area (Å²) in [6, 6.07) is 0. The van der Waals surface area contributed by atoms with Crippen molar-refractivity contribution in [3.8, 4) is 0 Å². The van der Waals surface area contributed by atoms with Gasteiger partial charge in [-0.05, 0) is 6.92 Å². The fraction of sp³-hybridized carbons (Fsp3) is 0.571. The molecule has 0 fully saturated rings. The van der Waals surface area contributed by atoms with E-state index in [0.29, 0.717) is 0 Å². The van der Waals surface area contributed by atoms with Crippen molar-refractivity contribution in [3.63, 3.8) is 0 Å². The second-order valence-electron chi connectivity index (χ2n) is 2.85. The van der Waals surface area contributed by atoms with Gasteiger partial charge in [-0.1, -0.05) is 11.6 Å². The fourth-order valence-electron chi connectivity index (χ4n) is 1.10. The molecule has 0 aliphatic rings. The summed E-state index contributed by atoms with van der Waals surface area (Å²) in [5.41, 5.74) is -1.53. The summed E-state index contributed by atoms with van der Waals surface area (Å²) in [7, 11) is 1.28. The highest BCUT2D eigenvalue weighted by Crippen LogP contribution is 2.36. The van der Waals surface area contributed by atoms with Crippen molar-refractivity contribution in [1.29, 1.82) is 0 Å². The van der Waals surface area contributed by atoms with E-state index in [1.54, 1.807) is 0 Å². The summed E-state index contributed by atoms with van der Waals surface area (Å²) < 4.78 is 38.0. The van der Waals surface area contributed by atoms with Crippen LogP contribution in [0.3, 0.4) is 0 Å². The first-order chi connectivity index (χ1) is 6.25. The quantitative estimate of drug-likeness (QED) is 0.800. The maximum absolute atomic E-state index is 12.4. The number of aliphatic hydroxyl groups excluding tert-OH is 1. The number of aromatic nitrogens is 2. The number of aliphatic hydroxyl groups is 1. The first-order valence-corrected chi connectivity index (χ1v) is 4.10. The molecule has 1 rings (SSSR count). The largest absolute Gasteiger partial charge is 0.435 e. The Kier molecular flexibility index (Phi) is 2.78. The Morgan fingerprint density at radius 3 is 2.29 bits per heavy atom. The lowest BCUT2D eigenvalue weighted by Gasteiger charge is -2.07. The molecule has 0 saturated heterocycles. The van der Waals surface area contributed by atoms with Gasteiger partial charge in [-0.25, -0.2) is 0 Å². The van der Waals surface area contributed by atoms with Crippen LogP contribution in [0, 0.1) is 0 Å². The monoisotopic (exact) mass is 228 g/mol. The van der Waals surface area contributed by atoms with Gasteiger partial charge in [0.2, 0.25) is 0 Å². The number of nitrogens with zero attached hydrogens (tertiary/aromatic N) is 2. The van der Waals surface area contributed by atoms with E-state index in [2.05, 4.69) is 5.10 Å². The highest BCUT2D eigenvalue weighted by Gasteiger charge is 2.39. The lowest BCUT2D eigenvalue weighted by Crippen LogP contribution is -2.10. The van der Waals surface area contributed by atoms with Crippen LogP contribution in [0.25, 0.3) is 0 Å². The Hall–Kier alpha value is -0.750. The summed E-state index contributed by atoms with van der Waals surface area (Å²) in [6.45, 7) is 1.21. The molecule has 1 aromatic heterocycles. The maximum Gasteiger partial charge on any atom is 0.435 e. The minimum atomic E-state index is -4.60. The molecule has 14 heavy (non-hydrogen) atoms. The second-order valence-corrected chi connectivity index (χ2v) is 3.21. The van der Waals surface area contributed by atoms with Crippen LogP contribution >= 0.6 is 11.6 Å². The zero-order valence-electron chi connectivity index (χ0n) is 7.43. The summed E-state index contributed by atoms with van der Waals surface area (Å²) in [6.07, 6.45) is -5.90. The molecule has 0 amide bonds. The molecule has 1 N–H and O–H groups in total. The van der Waals surface area contributed by atoms with Crippen LogP contribution in [0.1, 0.15) is 24.3 Å². The normalized spacial score (nSPS) is 14.5. The van der Waals surface area contributed by atoms with Gasteiger partial charge >= 0.3 is 6.18 Å². The van der Waals surface area contributed by atoms with Gasteiger partial charge in [-0.2, -0.15) is 18.3 Å². The minimum Gasteiger partial charge on any atom is -0.389 e. The van der Waals surface area contributed by atoms with Crippen molar-refractivity contribution >= 4 is 11.6 Å². The summed E-state index contributed by atoms with van der Waals surface area (Å²) in [5.74, 6) is 0. The number of alkyl halides is 3. The van der Waals surface area contributed by atoms with Gasteiger partial charge in [0.05, 0.1) is 6.10 Å². The van der Waals surface area contributed by atoms with E-state index in [1.165, 1.54) is 14.0 Å². The van der Waals surface area contributed by atoms with E-state index in [4.69, 9.17) is 16.7 Å². The Morgan fingerprint density at radius 2 is 2.00 bits per heavy atom. The van der Waals surface area contributed by atoms with Crippen molar-refractivity contribution in [1.82, 2.24) is 9.78 Å². The Balaban J connectivity index is 3.37. The molecular weight excluding hydrogens is 221 g/mol. The molecule has 0 aliphatic heterocycles. The lowest BCUT2D eigenvalue weighted by molar-refractivity contribution is -0.142. The minimum absolute atomic E-state index is 0.202. The van der Waals surface area contributed by atoms with Gasteiger partial charge in [0.25, 0.3) is 0 Å². The predicted molar refractivity (Wildman–Crippen MR) is 43.9 cm³/mol. The van der Waals surface area contributed by atoms with Crippen LogP contribution in [-0.2, 0) is 13.2 Å². The van der Waals surface area contributed by atoms with Crippen LogP contribution < -0.4 is 0 Å². The predicted octanol–water partition coefficient (Wildman–Crippen LogP) is 2.15. The Morgan fingerprint density at radius 1 is 1.50 bits per heavy atom. The zero-order valence-corrected chi connectivity index (χ0v) is 8.19. The lowest BCUT2D eigenvalue weighted by atomic mass is 10.1. The van der Waals surface area contributed by atoms with Crippen LogP contribution in [0.5, 0.6) is 0 Å². The van der Waals surface area contributed by atoms with E-state index in [1.807, 2.05) is 0 Å². The average Bonchev–Trinajstić information content (AvgIpc) is 2.27. The number of aryl methyl sites for hydroxylation is 1. The molecule has 1 heterocycles. The first-order valence-electron chi connectivity index (χ1n) is 3.72. The van der Waals surface area contributed by atoms with Crippen LogP contribution in [0.2, 0.25) is 5.15 Å². The van der Waals surface area contributed by atoms with Crippen molar-refractivity contribution in [2.45, 2.75) is 19.2 Å². The summed E-state index contributed by atoms with van der Waals surface area (Å²) in [5, 5.41) is 12.1.